The number of hydrogen-bond donors (Lipinski definition) is 0. The highest BCUT2D eigenvalue weighted by atomic mass is 28.4. The SMILES string of the molecule is C=CCN(CC=C)C(=O)CN(CCC[Si-](OCC)(OCC)OCC)CC(=O)N(CC=C)CC=C. The fourth-order valence-corrected chi connectivity index (χ4v) is 6.09. The minimum Gasteiger partial charge on any atom is -0.525 e. The van der Waals surface area contributed by atoms with Gasteiger partial charge in [-0.05, 0) is 27.3 Å². The van der Waals surface area contributed by atoms with Crippen molar-refractivity contribution >= 4 is 20.6 Å². The molecule has 8 nitrogen and oxygen atoms in total. The third kappa shape index (κ3) is 12.4. The molecule has 0 unspecified atom stereocenters. The van der Waals surface area contributed by atoms with Crippen molar-refractivity contribution in [2.75, 3.05) is 65.6 Å². The van der Waals surface area contributed by atoms with Gasteiger partial charge in [0.25, 0.3) is 8.80 Å². The van der Waals surface area contributed by atoms with Gasteiger partial charge in [0.15, 0.2) is 0 Å². The zero-order valence-corrected chi connectivity index (χ0v) is 22.5. The summed E-state index contributed by atoms with van der Waals surface area (Å²) in [7, 11) is -2.81. The molecule has 0 rings (SSSR count). The Labute approximate surface area is 207 Å². The summed E-state index contributed by atoms with van der Waals surface area (Å²) in [5.41, 5.74) is 0. The van der Waals surface area contributed by atoms with Crippen molar-refractivity contribution in [3.63, 3.8) is 0 Å². The Balaban J connectivity index is 5.51. The van der Waals surface area contributed by atoms with Crippen LogP contribution < -0.4 is 0 Å². The minimum atomic E-state index is -2.81. The van der Waals surface area contributed by atoms with Gasteiger partial charge in [-0.2, -0.15) is 0 Å². The molecule has 0 fully saturated rings. The van der Waals surface area contributed by atoms with Crippen molar-refractivity contribution in [1.82, 2.24) is 14.7 Å². The van der Waals surface area contributed by atoms with Crippen molar-refractivity contribution in [1.29, 1.82) is 0 Å². The Hall–Kier alpha value is -2.04. The van der Waals surface area contributed by atoms with Crippen molar-refractivity contribution < 1.29 is 22.9 Å². The normalized spacial score (nSPS) is 11.2. The van der Waals surface area contributed by atoms with E-state index < -0.39 is 8.80 Å². The predicted octanol–water partition coefficient (Wildman–Crippen LogP) is 3.13. The van der Waals surface area contributed by atoms with Gasteiger partial charge in [0, 0.05) is 46.0 Å². The molecule has 0 aromatic carbocycles. The number of carbonyl (C=O) groups is 2. The van der Waals surface area contributed by atoms with Crippen LogP contribution in [0.1, 0.15) is 27.2 Å². The first-order valence-corrected chi connectivity index (χ1v) is 13.9. The lowest BCUT2D eigenvalue weighted by molar-refractivity contribution is -0.134. The standard InChI is InChI=1S/C25H45N3O5Si/c1-8-16-27(17-9-2)24(29)22-26(23-25(30)28(18-10-3)19-11-4)20-15-21-34(31-12-5,32-13-6)33-14-7/h8-11H,1-4,12-23H2,5-7H3/q-1. The second-order valence-corrected chi connectivity index (χ2v) is 10.3. The van der Waals surface area contributed by atoms with Crippen LogP contribution in [-0.4, -0.2) is 101 Å². The molecule has 0 N–H and O–H groups in total. The number of hydrogen-bond acceptors (Lipinski definition) is 6. The van der Waals surface area contributed by atoms with E-state index in [9.17, 15) is 9.59 Å². The lowest BCUT2D eigenvalue weighted by Gasteiger charge is -2.43. The van der Waals surface area contributed by atoms with Gasteiger partial charge in [-0.15, -0.1) is 26.3 Å². The molecule has 0 heterocycles. The van der Waals surface area contributed by atoms with Crippen molar-refractivity contribution in [2.24, 2.45) is 0 Å². The lowest BCUT2D eigenvalue weighted by atomic mass is 10.3. The van der Waals surface area contributed by atoms with Gasteiger partial charge in [0.1, 0.15) is 0 Å². The molecule has 0 spiro atoms. The Morgan fingerprint density at radius 3 is 1.35 bits per heavy atom. The van der Waals surface area contributed by atoms with Crippen LogP contribution in [0.15, 0.2) is 50.6 Å². The Bertz CT molecular complexity index is 569. The van der Waals surface area contributed by atoms with E-state index in [1.807, 2.05) is 25.7 Å². The fraction of sp³-hybridized carbons (Fsp3) is 0.600. The van der Waals surface area contributed by atoms with Gasteiger partial charge in [-0.25, -0.2) is 0 Å². The molecule has 0 aliphatic heterocycles. The summed E-state index contributed by atoms with van der Waals surface area (Å²) in [5.74, 6) is -0.177. The van der Waals surface area contributed by atoms with Crippen molar-refractivity contribution in [3.8, 4) is 0 Å². The van der Waals surface area contributed by atoms with Gasteiger partial charge < -0.3 is 23.1 Å². The monoisotopic (exact) mass is 495 g/mol. The Kier molecular flexibility index (Phi) is 18.1. The molecule has 0 aliphatic carbocycles. The van der Waals surface area contributed by atoms with Crippen LogP contribution in [0.5, 0.6) is 0 Å². The van der Waals surface area contributed by atoms with E-state index in [0.717, 1.165) is 0 Å². The average Bonchev–Trinajstić information content (AvgIpc) is 2.79. The molecule has 0 saturated heterocycles. The molecule has 2 amide bonds. The van der Waals surface area contributed by atoms with Crippen LogP contribution in [0, 0.1) is 0 Å². The van der Waals surface area contributed by atoms with E-state index in [4.69, 9.17) is 13.3 Å². The molecule has 34 heavy (non-hydrogen) atoms. The topological polar surface area (TPSA) is 71.5 Å². The maximum atomic E-state index is 13.0. The first-order chi connectivity index (χ1) is 16.4. The van der Waals surface area contributed by atoms with Crippen LogP contribution in [0.4, 0.5) is 0 Å². The molecule has 0 aromatic rings. The summed E-state index contributed by atoms with van der Waals surface area (Å²) < 4.78 is 17.8. The summed E-state index contributed by atoms with van der Waals surface area (Å²) in [5, 5.41) is 0. The van der Waals surface area contributed by atoms with E-state index in [1.54, 1.807) is 34.1 Å². The zero-order valence-electron chi connectivity index (χ0n) is 21.5. The predicted molar refractivity (Wildman–Crippen MR) is 140 cm³/mol. The Morgan fingerprint density at radius 1 is 0.706 bits per heavy atom. The van der Waals surface area contributed by atoms with E-state index in [-0.39, 0.29) is 24.9 Å². The van der Waals surface area contributed by atoms with Crippen LogP contribution >= 0.6 is 0 Å². The van der Waals surface area contributed by atoms with Crippen LogP contribution in [-0.2, 0) is 22.9 Å². The van der Waals surface area contributed by atoms with E-state index in [2.05, 4.69) is 26.3 Å². The molecule has 0 atom stereocenters. The highest BCUT2D eigenvalue weighted by molar-refractivity contribution is 6.60. The maximum absolute atomic E-state index is 13.0. The van der Waals surface area contributed by atoms with Gasteiger partial charge >= 0.3 is 0 Å². The van der Waals surface area contributed by atoms with Crippen molar-refractivity contribution in [2.45, 2.75) is 33.2 Å². The molecule has 0 radical (unpaired) electrons. The van der Waals surface area contributed by atoms with E-state index >= 15 is 0 Å². The molecule has 0 aliphatic rings. The molecule has 0 bridgehead atoms. The first-order valence-electron chi connectivity index (χ1n) is 12.0. The molecule has 0 saturated carbocycles. The fourth-order valence-electron chi connectivity index (χ4n) is 3.50. The summed E-state index contributed by atoms with van der Waals surface area (Å²) in [6.07, 6.45) is 7.38. The smallest absolute Gasteiger partial charge is 0.281 e. The number of rotatable bonds is 22. The summed E-state index contributed by atoms with van der Waals surface area (Å²) in [4.78, 5) is 31.1. The lowest BCUT2D eigenvalue weighted by Crippen LogP contribution is -2.48. The summed E-state index contributed by atoms with van der Waals surface area (Å²) in [6, 6.07) is 0.605. The third-order valence-corrected chi connectivity index (χ3v) is 8.02. The van der Waals surface area contributed by atoms with Crippen LogP contribution in [0.25, 0.3) is 0 Å². The van der Waals surface area contributed by atoms with Gasteiger partial charge in [-0.3, -0.25) is 14.5 Å². The van der Waals surface area contributed by atoms with Crippen molar-refractivity contribution in [3.05, 3.63) is 50.6 Å². The molecule has 0 aromatic heterocycles. The summed E-state index contributed by atoms with van der Waals surface area (Å²) in [6.45, 7) is 24.6. The molecular formula is C25H45N3O5Si-. The van der Waals surface area contributed by atoms with Gasteiger partial charge in [-0.1, -0.05) is 36.8 Å². The highest BCUT2D eigenvalue weighted by Crippen LogP contribution is 2.18. The molecule has 195 valence electrons. The van der Waals surface area contributed by atoms with Crippen LogP contribution in [0.2, 0.25) is 6.04 Å². The highest BCUT2D eigenvalue weighted by Gasteiger charge is 2.26. The number of carbonyl (C=O) groups excluding carboxylic acids is 2. The van der Waals surface area contributed by atoms with Crippen LogP contribution in [0.3, 0.4) is 0 Å². The quantitative estimate of drug-likeness (QED) is 0.170. The second-order valence-electron chi connectivity index (χ2n) is 7.55. The maximum Gasteiger partial charge on any atom is 0.281 e. The van der Waals surface area contributed by atoms with Gasteiger partial charge in [0.05, 0.1) is 13.1 Å². The largest absolute Gasteiger partial charge is 0.525 e. The summed E-state index contributed by atoms with van der Waals surface area (Å²) >= 11 is 0. The average molecular weight is 496 g/mol. The third-order valence-electron chi connectivity index (χ3n) is 4.87. The van der Waals surface area contributed by atoms with Gasteiger partial charge in [0.2, 0.25) is 11.8 Å². The zero-order chi connectivity index (χ0) is 25.8. The first kappa shape index (κ1) is 32.0. The molecule has 9 heteroatoms. The number of nitrogens with zero attached hydrogens (tertiary/aromatic N) is 3. The number of amides is 2. The second kappa shape index (κ2) is 19.3. The minimum absolute atomic E-state index is 0.0884. The van der Waals surface area contributed by atoms with E-state index in [1.165, 1.54) is 0 Å². The van der Waals surface area contributed by atoms with E-state index in [0.29, 0.717) is 65.0 Å². The molecular weight excluding hydrogens is 450 g/mol. The Morgan fingerprint density at radius 2 is 1.06 bits per heavy atom.